The van der Waals surface area contributed by atoms with Crippen molar-refractivity contribution in [2.45, 2.75) is 81.7 Å². The van der Waals surface area contributed by atoms with E-state index in [-0.39, 0.29) is 11.6 Å². The van der Waals surface area contributed by atoms with Gasteiger partial charge < -0.3 is 14.8 Å². The summed E-state index contributed by atoms with van der Waals surface area (Å²) in [6, 6.07) is 3.27. The lowest BCUT2D eigenvalue weighted by atomic mass is 9.79. The molecule has 0 aromatic carbocycles. The third kappa shape index (κ3) is 3.97. The quantitative estimate of drug-likeness (QED) is 0.731. The zero-order chi connectivity index (χ0) is 18.3. The molecule has 0 bridgehead atoms. The maximum Gasteiger partial charge on any atom is 0.129 e. The van der Waals surface area contributed by atoms with Gasteiger partial charge in [-0.25, -0.2) is 15.4 Å². The van der Waals surface area contributed by atoms with E-state index in [9.17, 15) is 0 Å². The first-order valence-corrected chi connectivity index (χ1v) is 10.5. The molecule has 2 saturated carbocycles. The summed E-state index contributed by atoms with van der Waals surface area (Å²) in [5, 5.41) is 3.56. The lowest BCUT2D eigenvalue weighted by Crippen LogP contribution is -2.38. The monoisotopic (exact) mass is 373 g/mol. The van der Waals surface area contributed by atoms with Crippen molar-refractivity contribution in [2.75, 3.05) is 18.5 Å². The summed E-state index contributed by atoms with van der Waals surface area (Å²) in [4.78, 5) is 9.04. The largest absolute Gasteiger partial charge is 0.381 e. The molecule has 3 heterocycles. The molecule has 27 heavy (non-hydrogen) atoms. The van der Waals surface area contributed by atoms with Crippen LogP contribution in [-0.2, 0) is 9.47 Å². The molecule has 4 atom stereocenters. The van der Waals surface area contributed by atoms with Gasteiger partial charge in [-0.3, -0.25) is 5.43 Å². The van der Waals surface area contributed by atoms with Gasteiger partial charge in [-0.15, -0.1) is 0 Å². The van der Waals surface area contributed by atoms with Gasteiger partial charge >= 0.3 is 0 Å². The molecule has 7 heteroatoms. The summed E-state index contributed by atoms with van der Waals surface area (Å²) in [5.41, 5.74) is 8.23. The maximum atomic E-state index is 6.39. The molecule has 4 unspecified atom stereocenters. The minimum absolute atomic E-state index is 0.155. The lowest BCUT2D eigenvalue weighted by Gasteiger charge is -2.34. The van der Waals surface area contributed by atoms with Gasteiger partial charge in [0.25, 0.3) is 0 Å². The zero-order valence-electron chi connectivity index (χ0n) is 16.1. The van der Waals surface area contributed by atoms with Crippen molar-refractivity contribution >= 4 is 5.82 Å². The van der Waals surface area contributed by atoms with Crippen LogP contribution >= 0.6 is 0 Å². The molecule has 3 N–H and O–H groups in total. The Labute approximate surface area is 161 Å². The number of nitrogens with zero attached hydrogens (tertiary/aromatic N) is 2. The average Bonchev–Trinajstić information content (AvgIpc) is 3.26. The Morgan fingerprint density at radius 3 is 2.81 bits per heavy atom. The van der Waals surface area contributed by atoms with E-state index < -0.39 is 0 Å². The Balaban J connectivity index is 1.26. The van der Waals surface area contributed by atoms with E-state index in [1.54, 1.807) is 6.33 Å². The van der Waals surface area contributed by atoms with Crippen molar-refractivity contribution in [3.63, 3.8) is 0 Å². The number of hydrogen-bond donors (Lipinski definition) is 3. The third-order valence-electron chi connectivity index (χ3n) is 6.69. The second-order valence-electron chi connectivity index (χ2n) is 8.90. The molecule has 1 aromatic rings. The van der Waals surface area contributed by atoms with Gasteiger partial charge in [-0.1, -0.05) is 0 Å². The fourth-order valence-electron chi connectivity index (χ4n) is 4.79. The minimum atomic E-state index is 0.155. The Morgan fingerprint density at radius 2 is 2.00 bits per heavy atom. The van der Waals surface area contributed by atoms with Gasteiger partial charge in [-0.2, -0.15) is 0 Å². The number of hydrazine groups is 1. The van der Waals surface area contributed by atoms with Crippen LogP contribution in [0.15, 0.2) is 12.4 Å². The van der Waals surface area contributed by atoms with E-state index in [4.69, 9.17) is 9.47 Å². The van der Waals surface area contributed by atoms with Crippen molar-refractivity contribution in [1.82, 2.24) is 20.8 Å². The van der Waals surface area contributed by atoms with Crippen LogP contribution in [0, 0.1) is 5.92 Å². The SMILES string of the molecule is CC1(OC2CCC3NNC(c4cc(NC5CCOCC5)ncn4)C3C2)CC1. The molecule has 0 radical (unpaired) electrons. The molecule has 0 amide bonds. The molecule has 0 spiro atoms. The Kier molecular flexibility index (Phi) is 4.80. The van der Waals surface area contributed by atoms with Crippen LogP contribution in [0.2, 0.25) is 0 Å². The molecule has 4 fully saturated rings. The van der Waals surface area contributed by atoms with E-state index in [2.05, 4.69) is 39.1 Å². The summed E-state index contributed by atoms with van der Waals surface area (Å²) < 4.78 is 11.8. The smallest absolute Gasteiger partial charge is 0.129 e. The fraction of sp³-hybridized carbons (Fsp3) is 0.800. The highest BCUT2D eigenvalue weighted by atomic mass is 16.5. The maximum absolute atomic E-state index is 6.39. The van der Waals surface area contributed by atoms with Crippen molar-refractivity contribution in [3.8, 4) is 0 Å². The van der Waals surface area contributed by atoms with E-state index >= 15 is 0 Å². The third-order valence-corrected chi connectivity index (χ3v) is 6.69. The van der Waals surface area contributed by atoms with Gasteiger partial charge in [0.1, 0.15) is 12.1 Å². The van der Waals surface area contributed by atoms with Crippen molar-refractivity contribution in [1.29, 1.82) is 0 Å². The number of nitrogens with one attached hydrogen (secondary N) is 3. The Morgan fingerprint density at radius 1 is 1.15 bits per heavy atom. The highest BCUT2D eigenvalue weighted by Gasteiger charge is 2.46. The second-order valence-corrected chi connectivity index (χ2v) is 8.90. The summed E-state index contributed by atoms with van der Waals surface area (Å²) in [6.45, 7) is 3.90. The Bertz CT molecular complexity index is 662. The number of hydrogen-bond acceptors (Lipinski definition) is 7. The van der Waals surface area contributed by atoms with Gasteiger partial charge in [0.2, 0.25) is 0 Å². The number of aromatic nitrogens is 2. The van der Waals surface area contributed by atoms with Crippen molar-refractivity contribution in [3.05, 3.63) is 18.1 Å². The molecule has 1 aromatic heterocycles. The minimum Gasteiger partial charge on any atom is -0.381 e. The van der Waals surface area contributed by atoms with Crippen LogP contribution in [0.25, 0.3) is 0 Å². The van der Waals surface area contributed by atoms with E-state index in [0.29, 0.717) is 24.1 Å². The molecular formula is C20H31N5O2. The van der Waals surface area contributed by atoms with E-state index in [0.717, 1.165) is 56.8 Å². The summed E-state index contributed by atoms with van der Waals surface area (Å²) >= 11 is 0. The zero-order valence-corrected chi connectivity index (χ0v) is 16.1. The predicted molar refractivity (Wildman–Crippen MR) is 102 cm³/mol. The van der Waals surface area contributed by atoms with Crippen LogP contribution in [0.3, 0.4) is 0 Å². The molecule has 2 aliphatic carbocycles. The topological polar surface area (TPSA) is 80.3 Å². The standard InChI is InChI=1S/C20H31N5O2/c1-20(6-7-20)27-14-2-3-16-15(10-14)19(25-24-16)17-11-18(22-12-21-17)23-13-4-8-26-9-5-13/h11-16,19,24-25H,2-10H2,1H3,(H,21,22,23). The summed E-state index contributed by atoms with van der Waals surface area (Å²) in [6.07, 6.45) is 9.97. The van der Waals surface area contributed by atoms with E-state index in [1.165, 1.54) is 12.8 Å². The van der Waals surface area contributed by atoms with Crippen LogP contribution in [-0.4, -0.2) is 47.0 Å². The molecule has 148 valence electrons. The highest BCUT2D eigenvalue weighted by Crippen LogP contribution is 2.45. The molecule has 4 aliphatic rings. The lowest BCUT2D eigenvalue weighted by molar-refractivity contribution is -0.0500. The Hall–Kier alpha value is -1.28. The normalized spacial score (nSPS) is 35.6. The van der Waals surface area contributed by atoms with Crippen molar-refractivity contribution in [2.24, 2.45) is 5.92 Å². The molecular weight excluding hydrogens is 342 g/mol. The number of fused-ring (bicyclic) bond motifs is 1. The average molecular weight is 374 g/mol. The van der Waals surface area contributed by atoms with Crippen LogP contribution < -0.4 is 16.2 Å². The van der Waals surface area contributed by atoms with Gasteiger partial charge in [0.05, 0.1) is 23.4 Å². The van der Waals surface area contributed by atoms with Gasteiger partial charge in [-0.05, 0) is 51.9 Å². The first kappa shape index (κ1) is 17.8. The summed E-state index contributed by atoms with van der Waals surface area (Å²) in [7, 11) is 0. The van der Waals surface area contributed by atoms with Crippen LogP contribution in [0.4, 0.5) is 5.82 Å². The van der Waals surface area contributed by atoms with Crippen molar-refractivity contribution < 1.29 is 9.47 Å². The van der Waals surface area contributed by atoms with Gasteiger partial charge in [0, 0.05) is 37.3 Å². The second kappa shape index (κ2) is 7.28. The predicted octanol–water partition coefficient (Wildman–Crippen LogP) is 2.32. The molecule has 7 nitrogen and oxygen atoms in total. The molecule has 5 rings (SSSR count). The molecule has 2 saturated heterocycles. The molecule has 2 aliphatic heterocycles. The van der Waals surface area contributed by atoms with Crippen LogP contribution in [0.5, 0.6) is 0 Å². The first-order chi connectivity index (χ1) is 13.2. The number of rotatable bonds is 5. The number of anilines is 1. The number of ether oxygens (including phenoxy) is 2. The van der Waals surface area contributed by atoms with E-state index in [1.807, 2.05) is 0 Å². The van der Waals surface area contributed by atoms with Crippen LogP contribution in [0.1, 0.15) is 63.6 Å². The highest BCUT2D eigenvalue weighted by molar-refractivity contribution is 5.37. The summed E-state index contributed by atoms with van der Waals surface area (Å²) in [5.74, 6) is 1.43. The fourth-order valence-corrected chi connectivity index (χ4v) is 4.79. The van der Waals surface area contributed by atoms with Gasteiger partial charge in [0.15, 0.2) is 0 Å². The first-order valence-electron chi connectivity index (χ1n) is 10.5.